The lowest BCUT2D eigenvalue weighted by Crippen LogP contribution is -2.13. The summed E-state index contributed by atoms with van der Waals surface area (Å²) >= 11 is 0. The molecule has 1 aliphatic carbocycles. The van der Waals surface area contributed by atoms with Crippen LogP contribution in [0.25, 0.3) is 0 Å². The largest absolute Gasteiger partial charge is 0.427 e. The number of carbonyl (C=O) groups excluding carboxylic acids is 1. The Labute approximate surface area is 205 Å². The van der Waals surface area contributed by atoms with Gasteiger partial charge in [-0.05, 0) is 63.8 Å². The van der Waals surface area contributed by atoms with Gasteiger partial charge in [-0.25, -0.2) is 8.42 Å². The molecule has 1 saturated carbocycles. The van der Waals surface area contributed by atoms with E-state index in [1.807, 2.05) is 24.3 Å². The van der Waals surface area contributed by atoms with Crippen molar-refractivity contribution in [1.29, 1.82) is 0 Å². The molecular weight excluding hydrogens is 454 g/mol. The van der Waals surface area contributed by atoms with Crippen LogP contribution in [0.15, 0.2) is 36.4 Å². The lowest BCUT2D eigenvalue weighted by atomic mass is 9.86. The van der Waals surface area contributed by atoms with Crippen LogP contribution in [0.2, 0.25) is 0 Å². The second-order valence-electron chi connectivity index (χ2n) is 7.15. The maximum absolute atomic E-state index is 11.0. The van der Waals surface area contributed by atoms with E-state index < -0.39 is 10.7 Å². The summed E-state index contributed by atoms with van der Waals surface area (Å²) in [6.45, 7) is 1.38. The Balaban J connectivity index is 0.00000168. The predicted molar refractivity (Wildman–Crippen MR) is 140 cm³/mol. The van der Waals surface area contributed by atoms with Crippen molar-refractivity contribution in [2.24, 2.45) is 17.2 Å². The fraction of sp³-hybridized carbons (Fsp3) is 0.500. The molecule has 192 valence electrons. The number of esters is 1. The third kappa shape index (κ3) is 11.6. The first-order chi connectivity index (χ1) is 16.5. The van der Waals surface area contributed by atoms with Gasteiger partial charge in [0.15, 0.2) is 10.7 Å². The van der Waals surface area contributed by atoms with Gasteiger partial charge in [0, 0.05) is 25.0 Å². The normalized spacial score (nSPS) is 12.7. The van der Waals surface area contributed by atoms with Gasteiger partial charge in [-0.15, -0.1) is 0 Å². The van der Waals surface area contributed by atoms with Gasteiger partial charge in [0.1, 0.15) is 11.6 Å². The van der Waals surface area contributed by atoms with Gasteiger partial charge in [-0.1, -0.05) is 31.4 Å². The topological polar surface area (TPSA) is 163 Å². The molecule has 7 N–H and O–H groups in total. The van der Waals surface area contributed by atoms with Crippen LogP contribution in [-0.2, 0) is 21.9 Å². The molecule has 1 aliphatic rings. The highest BCUT2D eigenvalue weighted by molar-refractivity contribution is 7.72. The Morgan fingerprint density at radius 3 is 2.09 bits per heavy atom. The van der Waals surface area contributed by atoms with Crippen LogP contribution in [0.1, 0.15) is 61.9 Å². The fourth-order valence-corrected chi connectivity index (χ4v) is 3.95. The van der Waals surface area contributed by atoms with Crippen LogP contribution in [0.4, 0.5) is 5.69 Å². The van der Waals surface area contributed by atoms with E-state index in [0.717, 1.165) is 35.5 Å². The third-order valence-electron chi connectivity index (χ3n) is 4.94. The maximum Gasteiger partial charge on any atom is 0.308 e. The van der Waals surface area contributed by atoms with Crippen molar-refractivity contribution >= 4 is 22.4 Å². The van der Waals surface area contributed by atoms with Crippen molar-refractivity contribution in [3.05, 3.63) is 53.3 Å². The van der Waals surface area contributed by atoms with Crippen molar-refractivity contribution in [2.75, 3.05) is 32.3 Å². The third-order valence-corrected chi connectivity index (χ3v) is 5.36. The van der Waals surface area contributed by atoms with Crippen molar-refractivity contribution in [2.45, 2.75) is 51.4 Å². The van der Waals surface area contributed by atoms with E-state index >= 15 is 0 Å². The molecule has 2 aromatic rings. The number of benzene rings is 1. The van der Waals surface area contributed by atoms with Crippen LogP contribution in [0, 0.1) is 0 Å². The molecule has 0 amide bonds. The summed E-state index contributed by atoms with van der Waals surface area (Å²) in [4.78, 5) is 15.9. The van der Waals surface area contributed by atoms with Gasteiger partial charge in [-0.2, -0.15) is 0 Å². The van der Waals surface area contributed by atoms with E-state index in [-0.39, 0.29) is 11.8 Å². The van der Waals surface area contributed by atoms with E-state index in [1.165, 1.54) is 47.3 Å². The van der Waals surface area contributed by atoms with Gasteiger partial charge in [-0.3, -0.25) is 9.78 Å². The molecule has 10 heteroatoms. The molecule has 9 nitrogen and oxygen atoms in total. The van der Waals surface area contributed by atoms with E-state index in [4.69, 9.17) is 9.72 Å². The van der Waals surface area contributed by atoms with Gasteiger partial charge >= 0.3 is 5.97 Å². The van der Waals surface area contributed by atoms with Crippen LogP contribution in [0.3, 0.4) is 0 Å². The Hall–Kier alpha value is -2.53. The quantitative estimate of drug-likeness (QED) is 0.220. The molecule has 0 spiro atoms. The maximum atomic E-state index is 11.0. The minimum Gasteiger partial charge on any atom is -0.427 e. The number of hydrogen-bond acceptors (Lipinski definition) is 9. The van der Waals surface area contributed by atoms with Crippen molar-refractivity contribution in [3.8, 4) is 5.75 Å². The summed E-state index contributed by atoms with van der Waals surface area (Å²) in [5.74, 6) is 0.480. The van der Waals surface area contributed by atoms with E-state index in [9.17, 15) is 13.2 Å². The second kappa shape index (κ2) is 18.8. The Morgan fingerprint density at radius 1 is 0.971 bits per heavy atom. The van der Waals surface area contributed by atoms with Gasteiger partial charge in [0.25, 0.3) is 0 Å². The highest BCUT2D eigenvalue weighted by Gasteiger charge is 2.20. The summed E-state index contributed by atoms with van der Waals surface area (Å²) in [6, 6.07) is 11.3. The first-order valence-electron chi connectivity index (χ1n) is 11.4. The molecule has 0 atom stereocenters. The number of ether oxygens (including phenoxy) is 1. The average molecular weight is 496 g/mol. The summed E-state index contributed by atoms with van der Waals surface area (Å²) in [5, 5.41) is 3.02. The number of rotatable bonds is 7. The smallest absolute Gasteiger partial charge is 0.308 e. The molecule has 1 aromatic carbocycles. The molecule has 1 heterocycles. The lowest BCUT2D eigenvalue weighted by molar-refractivity contribution is -0.131. The highest BCUT2D eigenvalue weighted by atomic mass is 32.2. The van der Waals surface area contributed by atoms with E-state index in [0.29, 0.717) is 18.1 Å². The molecule has 0 bridgehead atoms. The minimum atomic E-state index is -2.49. The SMILES string of the molecule is CC(=O)Oc1ccc(Cc2ccc(NC[SH](=O)=O)c(C3CCCCC3)n2)cc1.CN.CN.CN. The van der Waals surface area contributed by atoms with Crippen molar-refractivity contribution in [1.82, 2.24) is 4.98 Å². The number of thiol groups is 1. The van der Waals surface area contributed by atoms with Crippen LogP contribution in [0.5, 0.6) is 5.75 Å². The monoisotopic (exact) mass is 495 g/mol. The zero-order valence-corrected chi connectivity index (χ0v) is 21.6. The standard InChI is InChI=1S/C21H26N2O4S.3CH5N/c1-15(24)27-19-10-7-16(8-11-19)13-18-9-12-20(22-14-28(25)26)21(23-18)17-5-3-2-4-6-17;3*1-2/h7-12,17,22,28H,2-6,13-14H2,1H3;3*2H2,1H3. The molecule has 34 heavy (non-hydrogen) atoms. The summed E-state index contributed by atoms with van der Waals surface area (Å²) < 4.78 is 27.0. The van der Waals surface area contributed by atoms with E-state index in [1.54, 1.807) is 12.1 Å². The van der Waals surface area contributed by atoms with Crippen LogP contribution in [-0.4, -0.2) is 46.4 Å². The number of nitrogens with zero attached hydrogens (tertiary/aromatic N) is 1. The number of nitrogens with one attached hydrogen (secondary N) is 1. The molecule has 0 unspecified atom stereocenters. The molecule has 1 aromatic heterocycles. The number of anilines is 1. The molecule has 0 radical (unpaired) electrons. The van der Waals surface area contributed by atoms with Crippen LogP contribution < -0.4 is 27.3 Å². The summed E-state index contributed by atoms with van der Waals surface area (Å²) in [6.07, 6.45) is 6.46. The first-order valence-corrected chi connectivity index (χ1v) is 12.7. The number of nitrogens with two attached hydrogens (primary N) is 3. The second-order valence-corrected chi connectivity index (χ2v) is 8.13. The number of pyridine rings is 1. The van der Waals surface area contributed by atoms with E-state index in [2.05, 4.69) is 22.5 Å². The summed E-state index contributed by atoms with van der Waals surface area (Å²) in [5.41, 5.74) is 17.3. The minimum absolute atomic E-state index is 0.0757. The highest BCUT2D eigenvalue weighted by Crippen LogP contribution is 2.35. The van der Waals surface area contributed by atoms with Gasteiger partial charge < -0.3 is 27.3 Å². The lowest BCUT2D eigenvalue weighted by Gasteiger charge is -2.24. The summed E-state index contributed by atoms with van der Waals surface area (Å²) in [7, 11) is 2.01. The zero-order chi connectivity index (χ0) is 25.9. The van der Waals surface area contributed by atoms with Gasteiger partial charge in [0.05, 0.1) is 11.4 Å². The number of aromatic nitrogens is 1. The Morgan fingerprint density at radius 2 is 1.56 bits per heavy atom. The first kappa shape index (κ1) is 31.5. The van der Waals surface area contributed by atoms with Crippen LogP contribution >= 0.6 is 0 Å². The number of carbonyl (C=O) groups is 1. The molecule has 0 aliphatic heterocycles. The molecule has 1 fully saturated rings. The average Bonchev–Trinajstić information content (AvgIpc) is 2.88. The van der Waals surface area contributed by atoms with Crippen molar-refractivity contribution < 1.29 is 17.9 Å². The molecule has 0 saturated heterocycles. The van der Waals surface area contributed by atoms with Gasteiger partial charge in [0.2, 0.25) is 0 Å². The molecular formula is C24H41N5O4S. The molecule has 3 rings (SSSR count). The van der Waals surface area contributed by atoms with Crippen molar-refractivity contribution in [3.63, 3.8) is 0 Å². The Kier molecular flexibility index (Phi) is 17.4. The Bertz CT molecular complexity index is 891. The predicted octanol–water partition coefficient (Wildman–Crippen LogP) is 2.35. The fourth-order valence-electron chi connectivity index (χ4n) is 3.65. The zero-order valence-electron chi connectivity index (χ0n) is 20.8. The number of hydrogen-bond donors (Lipinski definition) is 5.